The van der Waals surface area contributed by atoms with Crippen molar-refractivity contribution >= 4 is 5.91 Å². The number of amides is 1. The summed E-state index contributed by atoms with van der Waals surface area (Å²) < 4.78 is 7.48. The van der Waals surface area contributed by atoms with Crippen LogP contribution in [0, 0.1) is 5.92 Å². The molecule has 2 aromatic rings. The van der Waals surface area contributed by atoms with Crippen LogP contribution in [-0.2, 0) is 17.8 Å². The normalized spacial score (nSPS) is 18.4. The first-order valence-corrected chi connectivity index (χ1v) is 7.21. The molecule has 0 fully saturated rings. The Kier molecular flexibility index (Phi) is 3.90. The van der Waals surface area contributed by atoms with E-state index >= 15 is 0 Å². The maximum atomic E-state index is 12.3. The lowest BCUT2D eigenvalue weighted by Crippen LogP contribution is -2.43. The third-order valence-electron chi connectivity index (χ3n) is 3.66. The third kappa shape index (κ3) is 3.24. The van der Waals surface area contributed by atoms with Crippen LogP contribution < -0.4 is 10.1 Å². The first-order chi connectivity index (χ1) is 10.2. The molecule has 1 amide bonds. The van der Waals surface area contributed by atoms with E-state index in [-0.39, 0.29) is 17.9 Å². The van der Waals surface area contributed by atoms with Crippen LogP contribution in [0.2, 0.25) is 0 Å². The number of carbonyl (C=O) groups is 1. The molecule has 21 heavy (non-hydrogen) atoms. The molecule has 0 radical (unpaired) electrons. The molecule has 0 spiro atoms. The highest BCUT2D eigenvalue weighted by Crippen LogP contribution is 2.26. The van der Waals surface area contributed by atoms with Crippen LogP contribution in [0.25, 0.3) is 0 Å². The predicted molar refractivity (Wildman–Crippen MR) is 79.0 cm³/mol. The monoisotopic (exact) mass is 285 g/mol. The molecule has 0 aliphatic carbocycles. The van der Waals surface area contributed by atoms with Gasteiger partial charge in [0.2, 0.25) is 5.91 Å². The van der Waals surface area contributed by atoms with Gasteiger partial charge in [-0.15, -0.1) is 0 Å². The number of aromatic nitrogens is 2. The molecule has 5 heteroatoms. The highest BCUT2D eigenvalue weighted by molar-refractivity contribution is 5.79. The number of rotatable bonds is 4. The fourth-order valence-electron chi connectivity index (χ4n) is 2.59. The van der Waals surface area contributed by atoms with Crippen molar-refractivity contribution in [3.05, 3.63) is 48.3 Å². The molecule has 0 saturated heterocycles. The van der Waals surface area contributed by atoms with Crippen LogP contribution in [-0.4, -0.2) is 28.3 Å². The Morgan fingerprint density at radius 2 is 2.33 bits per heavy atom. The van der Waals surface area contributed by atoms with E-state index in [9.17, 15) is 4.79 Å². The van der Waals surface area contributed by atoms with Crippen molar-refractivity contribution in [2.24, 2.45) is 5.92 Å². The van der Waals surface area contributed by atoms with Gasteiger partial charge >= 0.3 is 0 Å². The quantitative estimate of drug-likeness (QED) is 0.929. The maximum Gasteiger partial charge on any atom is 0.227 e. The molecule has 1 aliphatic heterocycles. The highest BCUT2D eigenvalue weighted by atomic mass is 16.5. The van der Waals surface area contributed by atoms with Gasteiger partial charge in [-0.2, -0.15) is 5.10 Å². The highest BCUT2D eigenvalue weighted by Gasteiger charge is 2.26. The van der Waals surface area contributed by atoms with E-state index in [1.807, 2.05) is 48.1 Å². The fraction of sp³-hybridized carbons (Fsp3) is 0.375. The van der Waals surface area contributed by atoms with Crippen LogP contribution in [0.1, 0.15) is 12.5 Å². The molecular weight excluding hydrogens is 266 g/mol. The zero-order chi connectivity index (χ0) is 14.7. The van der Waals surface area contributed by atoms with E-state index in [1.165, 1.54) is 0 Å². The number of carbonyl (C=O) groups excluding carboxylic acids is 1. The van der Waals surface area contributed by atoms with Crippen molar-refractivity contribution in [1.29, 1.82) is 0 Å². The number of ether oxygens (including phenoxy) is 1. The molecule has 1 aliphatic rings. The Balaban J connectivity index is 1.56. The van der Waals surface area contributed by atoms with Crippen LogP contribution in [0.5, 0.6) is 5.75 Å². The molecule has 0 saturated carbocycles. The lowest BCUT2D eigenvalue weighted by Gasteiger charge is -2.25. The van der Waals surface area contributed by atoms with Crippen LogP contribution in [0.3, 0.4) is 0 Å². The van der Waals surface area contributed by atoms with Gasteiger partial charge in [0.15, 0.2) is 0 Å². The number of fused-ring (bicyclic) bond motifs is 1. The topological polar surface area (TPSA) is 56.2 Å². The molecule has 3 rings (SSSR count). The summed E-state index contributed by atoms with van der Waals surface area (Å²) in [7, 11) is 0. The number of hydrogen-bond acceptors (Lipinski definition) is 3. The largest absolute Gasteiger partial charge is 0.492 e. The standard InChI is InChI=1S/C16H19N3O2/c1-12(10-19-8-4-7-17-19)18-16(20)14-9-13-5-2-3-6-15(13)21-11-14/h2-8,12,14H,9-11H2,1H3,(H,18,20)/t12-,14+/m0/s1. The summed E-state index contributed by atoms with van der Waals surface area (Å²) in [5, 5.41) is 7.19. The van der Waals surface area contributed by atoms with Crippen molar-refractivity contribution in [2.75, 3.05) is 6.61 Å². The molecule has 0 unspecified atom stereocenters. The van der Waals surface area contributed by atoms with E-state index in [1.54, 1.807) is 6.20 Å². The number of nitrogens with one attached hydrogen (secondary N) is 1. The van der Waals surface area contributed by atoms with E-state index in [0.29, 0.717) is 13.2 Å². The number of benzene rings is 1. The lowest BCUT2D eigenvalue weighted by molar-refractivity contribution is -0.127. The van der Waals surface area contributed by atoms with E-state index < -0.39 is 0 Å². The molecule has 2 heterocycles. The molecule has 0 bridgehead atoms. The minimum atomic E-state index is -0.125. The number of nitrogens with zero attached hydrogens (tertiary/aromatic N) is 2. The molecule has 110 valence electrons. The van der Waals surface area contributed by atoms with Crippen molar-refractivity contribution in [3.8, 4) is 5.75 Å². The van der Waals surface area contributed by atoms with E-state index in [0.717, 1.165) is 17.7 Å². The molecule has 1 N–H and O–H groups in total. The summed E-state index contributed by atoms with van der Waals surface area (Å²) in [5.41, 5.74) is 1.10. The van der Waals surface area contributed by atoms with Gasteiger partial charge in [-0.3, -0.25) is 9.48 Å². The van der Waals surface area contributed by atoms with Crippen LogP contribution in [0.4, 0.5) is 0 Å². The Bertz CT molecular complexity index is 610. The van der Waals surface area contributed by atoms with Gasteiger partial charge in [0.25, 0.3) is 0 Å². The summed E-state index contributed by atoms with van der Waals surface area (Å²) in [6.45, 7) is 3.09. The lowest BCUT2D eigenvalue weighted by atomic mass is 9.96. The van der Waals surface area contributed by atoms with Gasteiger partial charge in [0, 0.05) is 18.4 Å². The van der Waals surface area contributed by atoms with Gasteiger partial charge in [-0.05, 0) is 31.0 Å². The van der Waals surface area contributed by atoms with E-state index in [4.69, 9.17) is 4.74 Å². The van der Waals surface area contributed by atoms with Crippen molar-refractivity contribution in [1.82, 2.24) is 15.1 Å². The average molecular weight is 285 g/mol. The van der Waals surface area contributed by atoms with Crippen molar-refractivity contribution < 1.29 is 9.53 Å². The predicted octanol–water partition coefficient (Wildman–Crippen LogP) is 1.64. The summed E-state index contributed by atoms with van der Waals surface area (Å²) >= 11 is 0. The molecule has 1 aromatic carbocycles. The Hall–Kier alpha value is -2.30. The zero-order valence-electron chi connectivity index (χ0n) is 12.0. The minimum absolute atomic E-state index is 0.0366. The van der Waals surface area contributed by atoms with Crippen LogP contribution in [0.15, 0.2) is 42.7 Å². The summed E-state index contributed by atoms with van der Waals surface area (Å²) in [6.07, 6.45) is 4.36. The van der Waals surface area contributed by atoms with Gasteiger partial charge < -0.3 is 10.1 Å². The van der Waals surface area contributed by atoms with Crippen molar-refractivity contribution in [3.63, 3.8) is 0 Å². The minimum Gasteiger partial charge on any atom is -0.492 e. The molecule has 1 aromatic heterocycles. The van der Waals surface area contributed by atoms with Gasteiger partial charge in [-0.25, -0.2) is 0 Å². The third-order valence-corrected chi connectivity index (χ3v) is 3.66. The molecule has 2 atom stereocenters. The summed E-state index contributed by atoms with van der Waals surface area (Å²) in [4.78, 5) is 12.3. The number of para-hydroxylation sites is 1. The van der Waals surface area contributed by atoms with Crippen molar-refractivity contribution in [2.45, 2.75) is 25.9 Å². The Morgan fingerprint density at radius 3 is 3.14 bits per heavy atom. The van der Waals surface area contributed by atoms with Gasteiger partial charge in [0.1, 0.15) is 12.4 Å². The summed E-state index contributed by atoms with van der Waals surface area (Å²) in [5.74, 6) is 0.815. The second kappa shape index (κ2) is 5.99. The van der Waals surface area contributed by atoms with E-state index in [2.05, 4.69) is 10.4 Å². The second-order valence-electron chi connectivity index (χ2n) is 5.46. The second-order valence-corrected chi connectivity index (χ2v) is 5.46. The first kappa shape index (κ1) is 13.7. The molecular formula is C16H19N3O2. The van der Waals surface area contributed by atoms with Crippen LogP contribution >= 0.6 is 0 Å². The SMILES string of the molecule is C[C@@H](Cn1cccn1)NC(=O)[C@H]1COc2ccccc2C1. The van der Waals surface area contributed by atoms with Gasteiger partial charge in [0.05, 0.1) is 12.5 Å². The Morgan fingerprint density at radius 1 is 1.48 bits per heavy atom. The average Bonchev–Trinajstić information content (AvgIpc) is 2.99. The summed E-state index contributed by atoms with van der Waals surface area (Å²) in [6, 6.07) is 9.80. The zero-order valence-corrected chi connectivity index (χ0v) is 12.0. The molecule has 5 nitrogen and oxygen atoms in total. The smallest absolute Gasteiger partial charge is 0.227 e. The first-order valence-electron chi connectivity index (χ1n) is 7.21. The fourth-order valence-corrected chi connectivity index (χ4v) is 2.59. The van der Waals surface area contributed by atoms with Gasteiger partial charge in [-0.1, -0.05) is 18.2 Å². The number of hydrogen-bond donors (Lipinski definition) is 1. The Labute approximate surface area is 123 Å². The maximum absolute atomic E-state index is 12.3.